The van der Waals surface area contributed by atoms with Gasteiger partial charge in [-0.2, -0.15) is 0 Å². The van der Waals surface area contributed by atoms with Crippen LogP contribution in [-0.4, -0.2) is 4.98 Å². The Hall–Kier alpha value is -2.29. The molecular formula is C15H14N2O. The molecule has 90 valence electrons. The smallest absolute Gasteiger partial charge is 0.227 e. The highest BCUT2D eigenvalue weighted by Crippen LogP contribution is 2.28. The topological polar surface area (TPSA) is 52.0 Å². The van der Waals surface area contributed by atoms with Gasteiger partial charge in [0.25, 0.3) is 0 Å². The predicted octanol–water partition coefficient (Wildman–Crippen LogP) is 3.69. The van der Waals surface area contributed by atoms with E-state index in [1.807, 2.05) is 18.2 Å². The maximum atomic E-state index is 5.76. The Labute approximate surface area is 105 Å². The third-order valence-electron chi connectivity index (χ3n) is 3.02. The SMILES string of the molecule is Cc1ccc(-c2nc3ccc(N)cc3o2)c(C)c1. The quantitative estimate of drug-likeness (QED) is 0.658. The molecule has 3 heteroatoms. The van der Waals surface area contributed by atoms with Crippen molar-refractivity contribution in [2.45, 2.75) is 13.8 Å². The van der Waals surface area contributed by atoms with Gasteiger partial charge < -0.3 is 10.2 Å². The molecule has 2 aromatic carbocycles. The number of aromatic nitrogens is 1. The number of nitrogens with zero attached hydrogens (tertiary/aromatic N) is 1. The minimum absolute atomic E-state index is 0.646. The van der Waals surface area contributed by atoms with Crippen molar-refractivity contribution in [3.8, 4) is 11.5 Å². The third kappa shape index (κ3) is 1.74. The Morgan fingerprint density at radius 2 is 1.89 bits per heavy atom. The van der Waals surface area contributed by atoms with E-state index in [0.717, 1.165) is 22.2 Å². The monoisotopic (exact) mass is 238 g/mol. The van der Waals surface area contributed by atoms with Crippen molar-refractivity contribution >= 4 is 16.8 Å². The summed E-state index contributed by atoms with van der Waals surface area (Å²) in [5.74, 6) is 0.646. The maximum Gasteiger partial charge on any atom is 0.227 e. The standard InChI is InChI=1S/C15H14N2O/c1-9-3-5-12(10(2)7-9)15-17-13-6-4-11(16)8-14(13)18-15/h3-8H,16H2,1-2H3. The van der Waals surface area contributed by atoms with Gasteiger partial charge in [0.2, 0.25) is 5.89 Å². The van der Waals surface area contributed by atoms with E-state index in [1.165, 1.54) is 5.56 Å². The summed E-state index contributed by atoms with van der Waals surface area (Å²) >= 11 is 0. The van der Waals surface area contributed by atoms with Crippen molar-refractivity contribution in [1.82, 2.24) is 4.98 Å². The van der Waals surface area contributed by atoms with Crippen molar-refractivity contribution in [2.75, 3.05) is 5.73 Å². The maximum absolute atomic E-state index is 5.76. The molecular weight excluding hydrogens is 224 g/mol. The van der Waals surface area contributed by atoms with E-state index in [2.05, 4.69) is 31.0 Å². The summed E-state index contributed by atoms with van der Waals surface area (Å²) < 4.78 is 5.76. The second kappa shape index (κ2) is 3.88. The number of benzene rings is 2. The van der Waals surface area contributed by atoms with E-state index in [-0.39, 0.29) is 0 Å². The molecule has 3 aromatic rings. The summed E-state index contributed by atoms with van der Waals surface area (Å²) in [6.07, 6.45) is 0. The van der Waals surface area contributed by atoms with Crippen LogP contribution in [0.15, 0.2) is 40.8 Å². The van der Waals surface area contributed by atoms with Crippen LogP contribution in [0.1, 0.15) is 11.1 Å². The van der Waals surface area contributed by atoms with E-state index in [1.54, 1.807) is 6.07 Å². The first-order valence-corrected chi connectivity index (χ1v) is 5.87. The van der Waals surface area contributed by atoms with Crippen LogP contribution < -0.4 is 5.73 Å². The number of rotatable bonds is 1. The number of fused-ring (bicyclic) bond motifs is 1. The lowest BCUT2D eigenvalue weighted by molar-refractivity contribution is 0.619. The Kier molecular flexibility index (Phi) is 2.33. The molecule has 3 nitrogen and oxygen atoms in total. The summed E-state index contributed by atoms with van der Waals surface area (Å²) in [7, 11) is 0. The van der Waals surface area contributed by atoms with Crippen LogP contribution in [0.2, 0.25) is 0 Å². The van der Waals surface area contributed by atoms with Crippen molar-refractivity contribution < 1.29 is 4.42 Å². The van der Waals surface area contributed by atoms with Crippen LogP contribution in [0, 0.1) is 13.8 Å². The summed E-state index contributed by atoms with van der Waals surface area (Å²) in [6, 6.07) is 11.7. The van der Waals surface area contributed by atoms with Gasteiger partial charge in [-0.3, -0.25) is 0 Å². The van der Waals surface area contributed by atoms with Crippen LogP contribution in [0.25, 0.3) is 22.6 Å². The van der Waals surface area contributed by atoms with Crippen LogP contribution in [-0.2, 0) is 0 Å². The molecule has 0 bridgehead atoms. The van der Waals surface area contributed by atoms with E-state index >= 15 is 0 Å². The molecule has 0 fully saturated rings. The molecule has 0 saturated carbocycles. The number of hydrogen-bond acceptors (Lipinski definition) is 3. The van der Waals surface area contributed by atoms with Gasteiger partial charge >= 0.3 is 0 Å². The molecule has 0 spiro atoms. The highest BCUT2D eigenvalue weighted by atomic mass is 16.3. The largest absolute Gasteiger partial charge is 0.436 e. The van der Waals surface area contributed by atoms with Crippen molar-refractivity contribution in [1.29, 1.82) is 0 Å². The number of nitrogen functional groups attached to an aromatic ring is 1. The molecule has 1 aromatic heterocycles. The molecule has 0 aliphatic heterocycles. The van der Waals surface area contributed by atoms with Crippen LogP contribution in [0.5, 0.6) is 0 Å². The summed E-state index contributed by atoms with van der Waals surface area (Å²) in [6.45, 7) is 4.13. The predicted molar refractivity (Wildman–Crippen MR) is 73.3 cm³/mol. The average molecular weight is 238 g/mol. The molecule has 2 N–H and O–H groups in total. The van der Waals surface area contributed by atoms with E-state index < -0.39 is 0 Å². The molecule has 0 unspecified atom stereocenters. The number of anilines is 1. The van der Waals surface area contributed by atoms with Gasteiger partial charge in [0, 0.05) is 17.3 Å². The van der Waals surface area contributed by atoms with E-state index in [0.29, 0.717) is 11.6 Å². The second-order valence-corrected chi connectivity index (χ2v) is 4.56. The molecule has 18 heavy (non-hydrogen) atoms. The molecule has 1 heterocycles. The lowest BCUT2D eigenvalue weighted by Crippen LogP contribution is -1.84. The van der Waals surface area contributed by atoms with Gasteiger partial charge in [-0.25, -0.2) is 4.98 Å². The van der Waals surface area contributed by atoms with Crippen LogP contribution in [0.4, 0.5) is 5.69 Å². The molecule has 0 saturated heterocycles. The number of nitrogens with two attached hydrogens (primary N) is 1. The zero-order valence-corrected chi connectivity index (χ0v) is 10.4. The highest BCUT2D eigenvalue weighted by Gasteiger charge is 2.10. The van der Waals surface area contributed by atoms with Crippen LogP contribution >= 0.6 is 0 Å². The molecule has 0 atom stereocenters. The van der Waals surface area contributed by atoms with Crippen molar-refractivity contribution in [3.05, 3.63) is 47.5 Å². The minimum Gasteiger partial charge on any atom is -0.436 e. The van der Waals surface area contributed by atoms with Gasteiger partial charge in [-0.15, -0.1) is 0 Å². The first-order valence-electron chi connectivity index (χ1n) is 5.87. The summed E-state index contributed by atoms with van der Waals surface area (Å²) in [5, 5.41) is 0. The Morgan fingerprint density at radius 3 is 2.67 bits per heavy atom. The normalized spacial score (nSPS) is 11.0. The number of aryl methyl sites for hydroxylation is 2. The zero-order chi connectivity index (χ0) is 12.7. The molecule has 0 aliphatic carbocycles. The molecule has 0 amide bonds. The number of oxazole rings is 1. The van der Waals surface area contributed by atoms with Crippen molar-refractivity contribution in [2.24, 2.45) is 0 Å². The lowest BCUT2D eigenvalue weighted by Gasteiger charge is -2.01. The lowest BCUT2D eigenvalue weighted by atomic mass is 10.1. The van der Waals surface area contributed by atoms with Gasteiger partial charge in [0.1, 0.15) is 5.52 Å². The summed E-state index contributed by atoms with van der Waals surface area (Å²) in [4.78, 5) is 4.49. The Balaban J connectivity index is 2.19. The van der Waals surface area contributed by atoms with E-state index in [4.69, 9.17) is 10.2 Å². The van der Waals surface area contributed by atoms with Gasteiger partial charge in [-0.1, -0.05) is 17.7 Å². The first kappa shape index (κ1) is 10.8. The minimum atomic E-state index is 0.646. The fourth-order valence-corrected chi connectivity index (χ4v) is 2.11. The first-order chi connectivity index (χ1) is 8.63. The van der Waals surface area contributed by atoms with Gasteiger partial charge in [-0.05, 0) is 37.6 Å². The number of hydrogen-bond donors (Lipinski definition) is 1. The average Bonchev–Trinajstić information content (AvgIpc) is 2.71. The summed E-state index contributed by atoms with van der Waals surface area (Å²) in [5.41, 5.74) is 11.4. The molecule has 0 radical (unpaired) electrons. The van der Waals surface area contributed by atoms with Gasteiger partial charge in [0.05, 0.1) is 0 Å². The van der Waals surface area contributed by atoms with Gasteiger partial charge in [0.15, 0.2) is 5.58 Å². The van der Waals surface area contributed by atoms with Crippen molar-refractivity contribution in [3.63, 3.8) is 0 Å². The Morgan fingerprint density at radius 1 is 1.06 bits per heavy atom. The van der Waals surface area contributed by atoms with E-state index in [9.17, 15) is 0 Å². The Bertz CT molecular complexity index is 728. The highest BCUT2D eigenvalue weighted by molar-refractivity contribution is 5.79. The van der Waals surface area contributed by atoms with Crippen LogP contribution in [0.3, 0.4) is 0 Å². The zero-order valence-electron chi connectivity index (χ0n) is 10.4. The second-order valence-electron chi connectivity index (χ2n) is 4.56. The fourth-order valence-electron chi connectivity index (χ4n) is 2.11. The third-order valence-corrected chi connectivity index (χ3v) is 3.02. The fraction of sp³-hybridized carbons (Fsp3) is 0.133. The molecule has 3 rings (SSSR count). The molecule has 0 aliphatic rings.